The molecule has 8 nitrogen and oxygen atoms in total. The number of amides is 3. The van der Waals surface area contributed by atoms with Crippen molar-refractivity contribution in [3.63, 3.8) is 0 Å². The standard InChI is InChI=1S/C7H14N4O3S.O.Tc/c8-1-5(12)10-2-6(13)11-4(3-15)7(9)14;;/h4H,1-3,8H2,(H5,9,10,11,12,13,14,15);;/q;;+3/p-3. The Morgan fingerprint density at radius 3 is 2.12 bits per heavy atom. The molecule has 0 aromatic heterocycles. The maximum absolute atomic E-state index is 11.0. The van der Waals surface area contributed by atoms with Crippen molar-refractivity contribution in [1.29, 1.82) is 0 Å². The van der Waals surface area contributed by atoms with Gasteiger partial charge in [0.15, 0.2) is 0 Å². The van der Waals surface area contributed by atoms with E-state index in [1.807, 2.05) is 0 Å². The summed E-state index contributed by atoms with van der Waals surface area (Å²) >= 11 is 5.46. The Hall–Kier alpha value is -0.831. The predicted molar refractivity (Wildman–Crippen MR) is 56.6 cm³/mol. The van der Waals surface area contributed by atoms with Crippen LogP contribution in [0.25, 0.3) is 10.6 Å². The van der Waals surface area contributed by atoms with E-state index in [2.05, 4.69) is 23.3 Å². The van der Waals surface area contributed by atoms with E-state index >= 15 is 0 Å². The molecule has 0 fully saturated rings. The molecule has 0 aliphatic rings. The van der Waals surface area contributed by atoms with Crippen molar-refractivity contribution in [1.82, 2.24) is 0 Å². The Labute approximate surface area is 114 Å². The summed E-state index contributed by atoms with van der Waals surface area (Å²) in [6, 6.07) is -1.03. The van der Waals surface area contributed by atoms with Crippen LogP contribution in [-0.2, 0) is 49.4 Å². The number of hydrogen-bond donors (Lipinski definition) is 2. The van der Waals surface area contributed by atoms with Gasteiger partial charge in [0.1, 0.15) is 0 Å². The number of carbonyl (C=O) groups excluding carboxylic acids is 3. The number of hydrogen-bond acceptors (Lipinski definition) is 6. The first-order valence-electron chi connectivity index (χ1n) is 4.18. The molecule has 10 heteroatoms. The van der Waals surface area contributed by atoms with Gasteiger partial charge in [-0.25, -0.2) is 0 Å². The monoisotopic (exact) mass is 344 g/mol. The van der Waals surface area contributed by atoms with Crippen LogP contribution < -0.4 is 11.5 Å². The average Bonchev–Trinajstić information content (AvgIpc) is 2.34. The van der Waals surface area contributed by atoms with Crippen LogP contribution in [0.5, 0.6) is 0 Å². The minimum absolute atomic E-state index is 0.0775. The second-order valence-electron chi connectivity index (χ2n) is 2.52. The van der Waals surface area contributed by atoms with E-state index in [0.29, 0.717) is 0 Å². The summed E-state index contributed by atoms with van der Waals surface area (Å²) in [6.07, 6.45) is 0. The normalized spacial score (nSPS) is 10.4. The summed E-state index contributed by atoms with van der Waals surface area (Å²) < 4.78 is 8.22. The van der Waals surface area contributed by atoms with Crippen LogP contribution in [0.2, 0.25) is 0 Å². The van der Waals surface area contributed by atoms with Crippen LogP contribution in [-0.4, -0.2) is 42.6 Å². The number of carbonyl (C=O) groups is 3. The first kappa shape index (κ1) is 18.5. The molecule has 0 aromatic carbocycles. The number of nitrogens with two attached hydrogens (primary N) is 2. The summed E-state index contributed by atoms with van der Waals surface area (Å²) in [5.74, 6) is -2.17. The van der Waals surface area contributed by atoms with Crippen molar-refractivity contribution < 1.29 is 36.7 Å². The molecule has 0 aromatic rings. The fraction of sp³-hybridized carbons (Fsp3) is 0.571. The zero-order valence-corrected chi connectivity index (χ0v) is 11.3. The van der Waals surface area contributed by atoms with Gasteiger partial charge in [-0.1, -0.05) is 12.6 Å². The van der Waals surface area contributed by atoms with Gasteiger partial charge >= 0.3 is 22.4 Å². The van der Waals surface area contributed by atoms with Gasteiger partial charge in [-0.2, -0.15) is 5.75 Å². The third-order valence-electron chi connectivity index (χ3n) is 1.35. The molecule has 0 aliphatic carbocycles. The Balaban J connectivity index is 0. The van der Waals surface area contributed by atoms with Crippen LogP contribution >= 0.6 is 0 Å². The van der Waals surface area contributed by atoms with Gasteiger partial charge in [0.25, 0.3) is 0 Å². The zero-order chi connectivity index (χ0) is 13.8. The molecule has 96 valence electrons. The molecule has 0 rings (SSSR count). The molecule has 0 radical (unpaired) electrons. The molecule has 3 amide bonds. The molecule has 1 atom stereocenters. The minimum atomic E-state index is -1.03. The van der Waals surface area contributed by atoms with Crippen LogP contribution in [0.4, 0.5) is 0 Å². The van der Waals surface area contributed by atoms with E-state index in [0.717, 1.165) is 18.9 Å². The van der Waals surface area contributed by atoms with Gasteiger partial charge in [0.05, 0.1) is 5.91 Å². The Morgan fingerprint density at radius 1 is 1.24 bits per heavy atom. The fourth-order valence-electron chi connectivity index (χ4n) is 0.618. The van der Waals surface area contributed by atoms with E-state index < -0.39 is 30.3 Å². The molecular weight excluding hydrogens is 334 g/mol. The molecule has 0 bridgehead atoms. The van der Waals surface area contributed by atoms with E-state index in [4.69, 9.17) is 15.0 Å². The molecular formula is C7H11N4O4STc. The maximum atomic E-state index is 11.0. The van der Waals surface area contributed by atoms with Crippen LogP contribution in [0, 0.1) is 0 Å². The predicted octanol–water partition coefficient (Wildman–Crippen LogP) is -1.97. The van der Waals surface area contributed by atoms with E-state index in [1.54, 1.807) is 0 Å². The molecule has 1 unspecified atom stereocenters. The number of nitrogens with zero attached hydrogens (tertiary/aromatic N) is 2. The van der Waals surface area contributed by atoms with Crippen LogP contribution in [0.15, 0.2) is 0 Å². The van der Waals surface area contributed by atoms with Crippen molar-refractivity contribution in [2.24, 2.45) is 11.5 Å². The van der Waals surface area contributed by atoms with Gasteiger partial charge in [0, 0.05) is 12.5 Å². The SMILES string of the molecule is NCC(=O)[N-]CC(=O)[N-]C(C[S-])C(N)=O.[O]=[Tc+3]. The van der Waals surface area contributed by atoms with Crippen molar-refractivity contribution in [3.05, 3.63) is 10.6 Å². The van der Waals surface area contributed by atoms with Gasteiger partial charge in [-0.15, -0.1) is 0 Å². The molecule has 0 saturated carbocycles. The van der Waals surface area contributed by atoms with Gasteiger partial charge in [-0.05, 0) is 0 Å². The van der Waals surface area contributed by atoms with Crippen molar-refractivity contribution in [3.8, 4) is 0 Å². The average molecular weight is 345 g/mol. The first-order chi connectivity index (χ1) is 8.01. The molecule has 17 heavy (non-hydrogen) atoms. The summed E-state index contributed by atoms with van der Waals surface area (Å²) in [5, 5.41) is 6.69. The zero-order valence-electron chi connectivity index (χ0n) is 8.67. The Morgan fingerprint density at radius 2 is 1.76 bits per heavy atom. The topological polar surface area (TPSA) is 149 Å². The Kier molecular flexibility index (Phi) is 12.7. The third kappa shape index (κ3) is 10.1. The third-order valence-corrected chi connectivity index (χ3v) is 1.67. The van der Waals surface area contributed by atoms with Crippen LogP contribution in [0.1, 0.15) is 0 Å². The second kappa shape index (κ2) is 11.6. The molecule has 0 aliphatic heterocycles. The summed E-state index contributed by atoms with van der Waals surface area (Å²) in [7, 11) is 0. The Bertz CT molecular complexity index is 279. The van der Waals surface area contributed by atoms with Gasteiger partial charge < -0.3 is 44.3 Å². The first-order valence-corrected chi connectivity index (χ1v) is 5.51. The number of primary amides is 1. The van der Waals surface area contributed by atoms with Gasteiger partial charge in [0.2, 0.25) is 5.91 Å². The summed E-state index contributed by atoms with van der Waals surface area (Å²) in [6.45, 7) is -0.706. The molecule has 0 spiro atoms. The fourth-order valence-corrected chi connectivity index (χ4v) is 0.857. The van der Waals surface area contributed by atoms with Crippen molar-refractivity contribution in [2.75, 3.05) is 18.8 Å². The summed E-state index contributed by atoms with van der Waals surface area (Å²) in [4.78, 5) is 32.3. The quantitative estimate of drug-likeness (QED) is 0.533. The molecule has 0 saturated heterocycles. The molecule has 4 N–H and O–H groups in total. The number of rotatable bonds is 6. The van der Waals surface area contributed by atoms with E-state index in [1.165, 1.54) is 0 Å². The van der Waals surface area contributed by atoms with E-state index in [-0.39, 0.29) is 12.3 Å². The second-order valence-corrected chi connectivity index (χ2v) is 2.86. The summed E-state index contributed by atoms with van der Waals surface area (Å²) in [5.41, 5.74) is 9.87. The van der Waals surface area contributed by atoms with Crippen molar-refractivity contribution >= 4 is 30.4 Å². The van der Waals surface area contributed by atoms with Crippen molar-refractivity contribution in [2.45, 2.75) is 6.04 Å². The van der Waals surface area contributed by atoms with Gasteiger partial charge in [-0.3, -0.25) is 4.79 Å². The van der Waals surface area contributed by atoms with Crippen LogP contribution in [0.3, 0.4) is 0 Å². The van der Waals surface area contributed by atoms with E-state index in [9.17, 15) is 14.4 Å². The molecule has 0 heterocycles.